The summed E-state index contributed by atoms with van der Waals surface area (Å²) in [5.74, 6) is 0.203. The molecule has 22 heavy (non-hydrogen) atoms. The summed E-state index contributed by atoms with van der Waals surface area (Å²) in [5.41, 5.74) is 1.63. The minimum atomic E-state index is -0.684. The van der Waals surface area contributed by atoms with Crippen molar-refractivity contribution in [2.75, 3.05) is 7.11 Å². The molecule has 0 spiro atoms. The number of nitro groups is 1. The van der Waals surface area contributed by atoms with Crippen LogP contribution in [0.4, 0.5) is 5.95 Å². The number of hydrogen-bond donors (Lipinski definition) is 0. The molecule has 0 atom stereocenters. The summed E-state index contributed by atoms with van der Waals surface area (Å²) in [4.78, 5) is 21.8. The molecule has 0 unspecified atom stereocenters. The number of nitrogens with zero attached hydrogens (tertiary/aromatic N) is 5. The first-order valence-corrected chi connectivity index (χ1v) is 6.62. The third-order valence-corrected chi connectivity index (χ3v) is 3.35. The quantitative estimate of drug-likeness (QED) is 0.416. The molecule has 2 aromatic heterocycles. The minimum absolute atomic E-state index is 0.0369. The zero-order chi connectivity index (χ0) is 15.7. The van der Waals surface area contributed by atoms with Gasteiger partial charge >= 0.3 is 5.95 Å². The van der Waals surface area contributed by atoms with E-state index in [2.05, 4.69) is 15.0 Å². The van der Waals surface area contributed by atoms with Gasteiger partial charge in [0.25, 0.3) is 0 Å². The van der Waals surface area contributed by atoms with Crippen LogP contribution in [0.5, 0.6) is 5.75 Å². The summed E-state index contributed by atoms with van der Waals surface area (Å²) in [5, 5.41) is 10.8. The molecule has 3 rings (SSSR count). The molecule has 112 valence electrons. The average molecular weight is 320 g/mol. The number of hydrogen-bond acceptors (Lipinski definition) is 6. The van der Waals surface area contributed by atoms with Crippen molar-refractivity contribution in [3.8, 4) is 5.75 Å². The van der Waals surface area contributed by atoms with E-state index in [1.54, 1.807) is 11.7 Å². The second-order valence-electron chi connectivity index (χ2n) is 4.46. The Balaban J connectivity index is 2.01. The third-order valence-electron chi connectivity index (χ3n) is 3.08. The lowest BCUT2D eigenvalue weighted by molar-refractivity contribution is -0.394. The van der Waals surface area contributed by atoms with Gasteiger partial charge in [0.15, 0.2) is 5.52 Å². The molecule has 0 radical (unpaired) electrons. The van der Waals surface area contributed by atoms with Crippen LogP contribution in [0.3, 0.4) is 0 Å². The number of imidazole rings is 1. The molecule has 0 amide bonds. The molecule has 2 heterocycles. The van der Waals surface area contributed by atoms with Crippen molar-refractivity contribution in [1.29, 1.82) is 0 Å². The number of benzene rings is 1. The number of halogens is 1. The topological polar surface area (TPSA) is 96.0 Å². The molecule has 3 aromatic rings. The predicted octanol–water partition coefficient (Wildman–Crippen LogP) is 2.44. The zero-order valence-electron chi connectivity index (χ0n) is 11.4. The van der Waals surface area contributed by atoms with Crippen molar-refractivity contribution in [2.24, 2.45) is 0 Å². The maximum Gasteiger partial charge on any atom is 0.472 e. The van der Waals surface area contributed by atoms with Crippen molar-refractivity contribution in [3.05, 3.63) is 51.4 Å². The number of methoxy groups -OCH3 is 1. The van der Waals surface area contributed by atoms with E-state index in [-0.39, 0.29) is 5.15 Å². The highest BCUT2D eigenvalue weighted by Gasteiger charge is 2.20. The van der Waals surface area contributed by atoms with Crippen LogP contribution in [-0.4, -0.2) is 31.6 Å². The van der Waals surface area contributed by atoms with E-state index in [0.29, 0.717) is 17.7 Å². The Bertz CT molecular complexity index is 847. The van der Waals surface area contributed by atoms with Crippen molar-refractivity contribution < 1.29 is 9.66 Å². The van der Waals surface area contributed by atoms with Gasteiger partial charge in [0.2, 0.25) is 10.8 Å². The van der Waals surface area contributed by atoms with E-state index in [1.807, 2.05) is 24.3 Å². The fourth-order valence-electron chi connectivity index (χ4n) is 2.02. The Kier molecular flexibility index (Phi) is 3.60. The van der Waals surface area contributed by atoms with Gasteiger partial charge in [0.05, 0.1) is 20.0 Å². The van der Waals surface area contributed by atoms with E-state index in [4.69, 9.17) is 16.3 Å². The van der Waals surface area contributed by atoms with E-state index in [0.717, 1.165) is 11.3 Å². The van der Waals surface area contributed by atoms with Gasteiger partial charge in [-0.25, -0.2) is 4.98 Å². The second kappa shape index (κ2) is 5.57. The van der Waals surface area contributed by atoms with Crippen LogP contribution in [0.25, 0.3) is 11.2 Å². The van der Waals surface area contributed by atoms with Crippen molar-refractivity contribution >= 4 is 28.7 Å². The maximum absolute atomic E-state index is 10.8. The van der Waals surface area contributed by atoms with Gasteiger partial charge in [-0.15, -0.1) is 0 Å². The largest absolute Gasteiger partial charge is 0.497 e. The first kappa shape index (κ1) is 14.2. The summed E-state index contributed by atoms with van der Waals surface area (Å²) in [6.45, 7) is 0.449. The van der Waals surface area contributed by atoms with E-state index in [1.165, 1.54) is 6.33 Å². The molecule has 0 saturated heterocycles. The van der Waals surface area contributed by atoms with Crippen LogP contribution in [-0.2, 0) is 6.54 Å². The fraction of sp³-hybridized carbons (Fsp3) is 0.154. The van der Waals surface area contributed by atoms with Gasteiger partial charge in [0.1, 0.15) is 5.75 Å². The molecule has 9 heteroatoms. The zero-order valence-corrected chi connectivity index (χ0v) is 12.2. The molecule has 0 fully saturated rings. The Labute approximate surface area is 129 Å². The molecule has 8 nitrogen and oxygen atoms in total. The molecule has 0 aliphatic rings. The lowest BCUT2D eigenvalue weighted by atomic mass is 10.2. The summed E-state index contributed by atoms with van der Waals surface area (Å²) in [6, 6.07) is 7.45. The highest BCUT2D eigenvalue weighted by atomic mass is 35.5. The molecule has 0 N–H and O–H groups in total. The Morgan fingerprint density at radius 2 is 2.05 bits per heavy atom. The van der Waals surface area contributed by atoms with Gasteiger partial charge in [-0.2, -0.15) is 0 Å². The van der Waals surface area contributed by atoms with Crippen molar-refractivity contribution in [3.63, 3.8) is 0 Å². The summed E-state index contributed by atoms with van der Waals surface area (Å²) >= 11 is 5.91. The normalized spacial score (nSPS) is 10.8. The van der Waals surface area contributed by atoms with Crippen LogP contribution < -0.4 is 4.74 Å². The minimum Gasteiger partial charge on any atom is -0.497 e. The Morgan fingerprint density at radius 1 is 1.32 bits per heavy atom. The Morgan fingerprint density at radius 3 is 2.68 bits per heavy atom. The van der Waals surface area contributed by atoms with Crippen LogP contribution in [0.15, 0.2) is 30.6 Å². The number of fused-ring (bicyclic) bond motifs is 1. The highest BCUT2D eigenvalue weighted by Crippen LogP contribution is 2.22. The standard InChI is InChI=1S/C13H10ClN5O3/c1-22-9-4-2-8(3-5-9)6-18-7-15-10-11(14)16-13(19(20)21)17-12(10)18/h2-5,7H,6H2,1H3. The average Bonchev–Trinajstić information content (AvgIpc) is 2.91. The number of rotatable bonds is 4. The summed E-state index contributed by atoms with van der Waals surface area (Å²) in [7, 11) is 1.59. The van der Waals surface area contributed by atoms with Crippen molar-refractivity contribution in [1.82, 2.24) is 19.5 Å². The van der Waals surface area contributed by atoms with Gasteiger partial charge in [-0.3, -0.25) is 4.57 Å². The fourth-order valence-corrected chi connectivity index (χ4v) is 2.23. The lowest BCUT2D eigenvalue weighted by Crippen LogP contribution is -2.02. The molecule has 0 aliphatic heterocycles. The van der Waals surface area contributed by atoms with Crippen LogP contribution >= 0.6 is 11.6 Å². The van der Waals surface area contributed by atoms with Crippen LogP contribution in [0.1, 0.15) is 5.56 Å². The second-order valence-corrected chi connectivity index (χ2v) is 4.82. The summed E-state index contributed by atoms with van der Waals surface area (Å²) < 4.78 is 6.78. The van der Waals surface area contributed by atoms with Crippen LogP contribution in [0, 0.1) is 10.1 Å². The van der Waals surface area contributed by atoms with E-state index < -0.39 is 10.9 Å². The molecular weight excluding hydrogens is 310 g/mol. The molecule has 0 aliphatic carbocycles. The number of aromatic nitrogens is 4. The first-order chi connectivity index (χ1) is 10.6. The molecule has 0 bridgehead atoms. The SMILES string of the molecule is COc1ccc(Cn2cnc3c(Cl)nc([N+](=O)[O-])nc32)cc1. The maximum atomic E-state index is 10.8. The van der Waals surface area contributed by atoms with Crippen molar-refractivity contribution in [2.45, 2.75) is 6.54 Å². The highest BCUT2D eigenvalue weighted by molar-refractivity contribution is 6.33. The lowest BCUT2D eigenvalue weighted by Gasteiger charge is -2.04. The Hall–Kier alpha value is -2.74. The van der Waals surface area contributed by atoms with E-state index >= 15 is 0 Å². The third kappa shape index (κ3) is 2.56. The smallest absolute Gasteiger partial charge is 0.472 e. The van der Waals surface area contributed by atoms with Gasteiger partial charge in [-0.1, -0.05) is 17.1 Å². The van der Waals surface area contributed by atoms with Gasteiger partial charge in [0, 0.05) is 0 Å². The molecular formula is C13H10ClN5O3. The van der Waals surface area contributed by atoms with Gasteiger partial charge in [-0.05, 0) is 39.2 Å². The molecule has 0 saturated carbocycles. The molecule has 1 aromatic carbocycles. The predicted molar refractivity (Wildman–Crippen MR) is 79.1 cm³/mol. The first-order valence-electron chi connectivity index (χ1n) is 6.24. The van der Waals surface area contributed by atoms with Gasteiger partial charge < -0.3 is 14.9 Å². The van der Waals surface area contributed by atoms with Crippen LogP contribution in [0.2, 0.25) is 5.15 Å². The monoisotopic (exact) mass is 319 g/mol. The summed E-state index contributed by atoms with van der Waals surface area (Å²) in [6.07, 6.45) is 1.53. The number of ether oxygens (including phenoxy) is 1. The van der Waals surface area contributed by atoms with E-state index in [9.17, 15) is 10.1 Å².